The van der Waals surface area contributed by atoms with E-state index < -0.39 is 0 Å². The standard InChI is InChI=1S/C11H14N4O/c1-8-6-13-10-3-2-9(7-15(8)10)14-11(16)4-5-12/h2-3,6-7H,4-5,12H2,1H3,(H,14,16). The molecule has 0 saturated heterocycles. The molecule has 0 aliphatic rings. The van der Waals surface area contributed by atoms with Gasteiger partial charge in [-0.05, 0) is 19.1 Å². The summed E-state index contributed by atoms with van der Waals surface area (Å²) >= 11 is 0. The number of aromatic nitrogens is 2. The van der Waals surface area contributed by atoms with E-state index in [2.05, 4.69) is 10.3 Å². The fraction of sp³-hybridized carbons (Fsp3) is 0.273. The molecule has 2 aromatic heterocycles. The maximum atomic E-state index is 11.4. The van der Waals surface area contributed by atoms with Gasteiger partial charge in [-0.2, -0.15) is 0 Å². The van der Waals surface area contributed by atoms with Gasteiger partial charge in [-0.3, -0.25) is 4.79 Å². The Kier molecular flexibility index (Phi) is 2.87. The lowest BCUT2D eigenvalue weighted by molar-refractivity contribution is -0.116. The van der Waals surface area contributed by atoms with Gasteiger partial charge >= 0.3 is 0 Å². The maximum Gasteiger partial charge on any atom is 0.225 e. The van der Waals surface area contributed by atoms with Crippen LogP contribution in [0.25, 0.3) is 5.65 Å². The van der Waals surface area contributed by atoms with E-state index in [4.69, 9.17) is 5.73 Å². The average Bonchev–Trinajstić information content (AvgIpc) is 2.61. The predicted molar refractivity (Wildman–Crippen MR) is 62.2 cm³/mol. The first kappa shape index (κ1) is 10.6. The molecule has 3 N–H and O–H groups in total. The minimum Gasteiger partial charge on any atom is -0.330 e. The second-order valence-electron chi connectivity index (χ2n) is 3.63. The summed E-state index contributed by atoms with van der Waals surface area (Å²) in [4.78, 5) is 15.6. The number of carbonyl (C=O) groups is 1. The Morgan fingerprint density at radius 2 is 2.38 bits per heavy atom. The van der Waals surface area contributed by atoms with E-state index >= 15 is 0 Å². The first-order valence-corrected chi connectivity index (χ1v) is 5.14. The Morgan fingerprint density at radius 3 is 3.12 bits per heavy atom. The van der Waals surface area contributed by atoms with Crippen molar-refractivity contribution in [3.8, 4) is 0 Å². The largest absolute Gasteiger partial charge is 0.330 e. The van der Waals surface area contributed by atoms with E-state index in [1.54, 1.807) is 6.20 Å². The topological polar surface area (TPSA) is 72.4 Å². The number of hydrogen-bond acceptors (Lipinski definition) is 3. The van der Waals surface area contributed by atoms with E-state index in [0.29, 0.717) is 13.0 Å². The number of carbonyl (C=O) groups excluding carboxylic acids is 1. The van der Waals surface area contributed by atoms with Gasteiger partial charge in [0, 0.05) is 31.1 Å². The Morgan fingerprint density at radius 1 is 1.56 bits per heavy atom. The lowest BCUT2D eigenvalue weighted by atomic mass is 10.3. The van der Waals surface area contributed by atoms with Crippen LogP contribution in [0.3, 0.4) is 0 Å². The Hall–Kier alpha value is -1.88. The van der Waals surface area contributed by atoms with Gasteiger partial charge in [0.15, 0.2) is 0 Å². The predicted octanol–water partition coefficient (Wildman–Crippen LogP) is 0.930. The molecule has 0 bridgehead atoms. The van der Waals surface area contributed by atoms with E-state index in [0.717, 1.165) is 17.0 Å². The van der Waals surface area contributed by atoms with Crippen molar-refractivity contribution in [1.82, 2.24) is 9.38 Å². The van der Waals surface area contributed by atoms with Crippen molar-refractivity contribution in [3.63, 3.8) is 0 Å². The zero-order chi connectivity index (χ0) is 11.5. The molecule has 1 amide bonds. The van der Waals surface area contributed by atoms with Gasteiger partial charge in [0.25, 0.3) is 0 Å². The third-order valence-electron chi connectivity index (χ3n) is 2.35. The van der Waals surface area contributed by atoms with Gasteiger partial charge in [-0.25, -0.2) is 4.98 Å². The number of nitrogens with two attached hydrogens (primary N) is 1. The van der Waals surface area contributed by atoms with E-state index in [9.17, 15) is 4.79 Å². The van der Waals surface area contributed by atoms with Crippen LogP contribution in [0.5, 0.6) is 0 Å². The summed E-state index contributed by atoms with van der Waals surface area (Å²) in [5, 5.41) is 2.78. The van der Waals surface area contributed by atoms with Crippen molar-refractivity contribution in [1.29, 1.82) is 0 Å². The molecule has 2 heterocycles. The number of hydrogen-bond donors (Lipinski definition) is 2. The number of imidazole rings is 1. The van der Waals surface area contributed by atoms with Gasteiger partial charge in [-0.15, -0.1) is 0 Å². The van der Waals surface area contributed by atoms with Crippen molar-refractivity contribution >= 4 is 17.2 Å². The molecule has 0 atom stereocenters. The molecule has 2 aromatic rings. The van der Waals surface area contributed by atoms with Gasteiger partial charge in [0.05, 0.1) is 5.69 Å². The summed E-state index contributed by atoms with van der Waals surface area (Å²) < 4.78 is 1.93. The highest BCUT2D eigenvalue weighted by Gasteiger charge is 2.03. The van der Waals surface area contributed by atoms with Crippen LogP contribution in [0.15, 0.2) is 24.5 Å². The number of pyridine rings is 1. The molecule has 0 aromatic carbocycles. The van der Waals surface area contributed by atoms with Crippen molar-refractivity contribution in [2.24, 2.45) is 5.73 Å². The molecule has 84 valence electrons. The van der Waals surface area contributed by atoms with Crippen LogP contribution < -0.4 is 11.1 Å². The zero-order valence-electron chi connectivity index (χ0n) is 9.10. The molecule has 0 spiro atoms. The number of rotatable bonds is 3. The average molecular weight is 218 g/mol. The van der Waals surface area contributed by atoms with Crippen molar-refractivity contribution in [2.75, 3.05) is 11.9 Å². The summed E-state index contributed by atoms with van der Waals surface area (Å²) in [6.07, 6.45) is 3.98. The molecule has 0 aliphatic heterocycles. The van der Waals surface area contributed by atoms with Crippen LogP contribution >= 0.6 is 0 Å². The maximum absolute atomic E-state index is 11.4. The molecular weight excluding hydrogens is 204 g/mol. The van der Waals surface area contributed by atoms with Crippen LogP contribution in [0.2, 0.25) is 0 Å². The van der Waals surface area contributed by atoms with Gasteiger partial charge in [-0.1, -0.05) is 0 Å². The summed E-state index contributed by atoms with van der Waals surface area (Å²) in [6.45, 7) is 2.32. The molecule has 0 aliphatic carbocycles. The monoisotopic (exact) mass is 218 g/mol. The lowest BCUT2D eigenvalue weighted by Gasteiger charge is -2.05. The summed E-state index contributed by atoms with van der Waals surface area (Å²) in [6, 6.07) is 3.70. The number of amides is 1. The Balaban J connectivity index is 2.25. The molecule has 0 saturated carbocycles. The molecule has 0 fully saturated rings. The minimum absolute atomic E-state index is 0.0698. The summed E-state index contributed by atoms with van der Waals surface area (Å²) in [5.41, 5.74) is 7.96. The van der Waals surface area contributed by atoms with Crippen molar-refractivity contribution < 1.29 is 4.79 Å². The minimum atomic E-state index is -0.0698. The van der Waals surface area contributed by atoms with Crippen molar-refractivity contribution in [2.45, 2.75) is 13.3 Å². The SMILES string of the molecule is Cc1cnc2ccc(NC(=O)CCN)cn12. The smallest absolute Gasteiger partial charge is 0.225 e. The van der Waals surface area contributed by atoms with Crippen LogP contribution in [0.4, 0.5) is 5.69 Å². The second-order valence-corrected chi connectivity index (χ2v) is 3.63. The number of anilines is 1. The highest BCUT2D eigenvalue weighted by molar-refractivity contribution is 5.90. The third-order valence-corrected chi connectivity index (χ3v) is 2.35. The number of nitrogens with one attached hydrogen (secondary N) is 1. The molecule has 5 nitrogen and oxygen atoms in total. The zero-order valence-corrected chi connectivity index (χ0v) is 9.10. The van der Waals surface area contributed by atoms with Crippen molar-refractivity contribution in [3.05, 3.63) is 30.2 Å². The number of nitrogens with zero attached hydrogens (tertiary/aromatic N) is 2. The normalized spacial score (nSPS) is 10.6. The first-order valence-electron chi connectivity index (χ1n) is 5.14. The van der Waals surface area contributed by atoms with Crippen LogP contribution in [-0.2, 0) is 4.79 Å². The quantitative estimate of drug-likeness (QED) is 0.805. The molecule has 5 heteroatoms. The van der Waals surface area contributed by atoms with Gasteiger partial charge < -0.3 is 15.5 Å². The third kappa shape index (κ3) is 2.04. The lowest BCUT2D eigenvalue weighted by Crippen LogP contribution is -2.16. The first-order chi connectivity index (χ1) is 7.70. The molecule has 16 heavy (non-hydrogen) atoms. The van der Waals surface area contributed by atoms with E-state index in [1.807, 2.05) is 29.7 Å². The van der Waals surface area contributed by atoms with Gasteiger partial charge in [0.1, 0.15) is 5.65 Å². The van der Waals surface area contributed by atoms with E-state index in [1.165, 1.54) is 0 Å². The Labute approximate surface area is 93.3 Å². The highest BCUT2D eigenvalue weighted by Crippen LogP contribution is 2.12. The molecule has 0 radical (unpaired) electrons. The fourth-order valence-electron chi connectivity index (χ4n) is 1.53. The molecular formula is C11H14N4O. The highest BCUT2D eigenvalue weighted by atomic mass is 16.1. The number of fused-ring (bicyclic) bond motifs is 1. The summed E-state index contributed by atoms with van der Waals surface area (Å²) in [5.74, 6) is -0.0698. The van der Waals surface area contributed by atoms with E-state index in [-0.39, 0.29) is 5.91 Å². The van der Waals surface area contributed by atoms with Gasteiger partial charge in [0.2, 0.25) is 5.91 Å². The summed E-state index contributed by atoms with van der Waals surface area (Å²) in [7, 11) is 0. The Bertz CT molecular complexity index is 518. The fourth-order valence-corrected chi connectivity index (χ4v) is 1.53. The van der Waals surface area contributed by atoms with Crippen LogP contribution in [0, 0.1) is 6.92 Å². The molecule has 0 unspecified atom stereocenters. The molecule has 2 rings (SSSR count). The van der Waals surface area contributed by atoms with Crippen LogP contribution in [0.1, 0.15) is 12.1 Å². The second kappa shape index (κ2) is 4.32. The number of aryl methyl sites for hydroxylation is 1. The van der Waals surface area contributed by atoms with Crippen LogP contribution in [-0.4, -0.2) is 21.8 Å².